The third kappa shape index (κ3) is 3.85. The number of hydrogen-bond acceptors (Lipinski definition) is 4. The first-order valence-electron chi connectivity index (χ1n) is 8.67. The van der Waals surface area contributed by atoms with Crippen molar-refractivity contribution in [3.05, 3.63) is 53.2 Å². The van der Waals surface area contributed by atoms with Gasteiger partial charge in [0.1, 0.15) is 0 Å². The molecule has 1 aliphatic heterocycles. The molecule has 5 nitrogen and oxygen atoms in total. The van der Waals surface area contributed by atoms with Crippen LogP contribution in [0.2, 0.25) is 0 Å². The summed E-state index contributed by atoms with van der Waals surface area (Å²) in [6.45, 7) is 0. The number of nitrogens with zero attached hydrogens (tertiary/aromatic N) is 3. The minimum Gasteiger partial charge on any atom is -0.301 e. The van der Waals surface area contributed by atoms with Crippen LogP contribution < -0.4 is 5.32 Å². The zero-order chi connectivity index (χ0) is 17.1. The van der Waals surface area contributed by atoms with Gasteiger partial charge in [-0.25, -0.2) is 4.68 Å². The lowest BCUT2D eigenvalue weighted by atomic mass is 9.96. The lowest BCUT2D eigenvalue weighted by Gasteiger charge is -2.17. The van der Waals surface area contributed by atoms with Gasteiger partial charge in [0.25, 0.3) is 5.91 Å². The Hall–Kier alpha value is -2.34. The number of amidine groups is 1. The molecule has 1 aromatic carbocycles. The molecule has 1 saturated carbocycles. The van der Waals surface area contributed by atoms with Crippen LogP contribution in [-0.2, 0) is 4.79 Å². The predicted octanol–water partition coefficient (Wildman–Crippen LogP) is 3.76. The van der Waals surface area contributed by atoms with Gasteiger partial charge in [-0.05, 0) is 42.8 Å². The molecule has 2 fully saturated rings. The number of rotatable bonds is 3. The molecule has 0 atom stereocenters. The van der Waals surface area contributed by atoms with E-state index in [-0.39, 0.29) is 5.91 Å². The van der Waals surface area contributed by atoms with E-state index in [9.17, 15) is 4.79 Å². The van der Waals surface area contributed by atoms with Gasteiger partial charge >= 0.3 is 0 Å². The van der Waals surface area contributed by atoms with Crippen molar-refractivity contribution in [2.24, 2.45) is 4.99 Å². The lowest BCUT2D eigenvalue weighted by Crippen LogP contribution is -2.22. The summed E-state index contributed by atoms with van der Waals surface area (Å²) >= 11 is 1.43. The Balaban J connectivity index is 1.49. The van der Waals surface area contributed by atoms with Crippen LogP contribution in [0, 0.1) is 0 Å². The summed E-state index contributed by atoms with van der Waals surface area (Å²) in [5.41, 5.74) is 1.90. The molecule has 0 bridgehead atoms. The summed E-state index contributed by atoms with van der Waals surface area (Å²) in [7, 11) is 0. The number of hydrogen-bond donors (Lipinski definition) is 1. The van der Waals surface area contributed by atoms with Gasteiger partial charge in [0, 0.05) is 11.8 Å². The van der Waals surface area contributed by atoms with Crippen LogP contribution in [0.25, 0.3) is 11.8 Å². The smallest absolute Gasteiger partial charge is 0.264 e. The van der Waals surface area contributed by atoms with Crippen LogP contribution in [0.15, 0.2) is 52.6 Å². The number of thioether (sulfide) groups is 1. The van der Waals surface area contributed by atoms with Gasteiger partial charge in [-0.2, -0.15) is 5.10 Å². The van der Waals surface area contributed by atoms with E-state index in [1.807, 2.05) is 42.6 Å². The highest BCUT2D eigenvalue weighted by molar-refractivity contribution is 8.18. The number of aliphatic imine (C=N–C) groups is 1. The lowest BCUT2D eigenvalue weighted by molar-refractivity contribution is -0.115. The van der Waals surface area contributed by atoms with Crippen LogP contribution in [-0.4, -0.2) is 26.9 Å². The first kappa shape index (κ1) is 16.1. The molecule has 1 aromatic heterocycles. The molecule has 2 aromatic rings. The number of carbonyl (C=O) groups is 1. The first-order valence-corrected chi connectivity index (χ1v) is 9.48. The van der Waals surface area contributed by atoms with Gasteiger partial charge in [-0.15, -0.1) is 0 Å². The normalized spacial score (nSPS) is 21.8. The molecule has 25 heavy (non-hydrogen) atoms. The van der Waals surface area contributed by atoms with Crippen LogP contribution >= 0.6 is 11.8 Å². The molecule has 6 heteroatoms. The highest BCUT2D eigenvalue weighted by Crippen LogP contribution is 2.28. The fourth-order valence-electron chi connectivity index (χ4n) is 3.15. The molecule has 128 valence electrons. The molecule has 1 aliphatic carbocycles. The second-order valence-electron chi connectivity index (χ2n) is 6.34. The fraction of sp³-hybridized carbons (Fsp3) is 0.316. The zero-order valence-corrected chi connectivity index (χ0v) is 14.7. The highest BCUT2D eigenvalue weighted by Gasteiger charge is 2.25. The van der Waals surface area contributed by atoms with Gasteiger partial charge in [0.05, 0.1) is 22.8 Å². The van der Waals surface area contributed by atoms with Gasteiger partial charge in [-0.1, -0.05) is 37.5 Å². The molecular formula is C19H20N4OS. The Kier molecular flexibility index (Phi) is 4.70. The number of aromatic nitrogens is 2. The van der Waals surface area contributed by atoms with Gasteiger partial charge < -0.3 is 5.32 Å². The molecule has 0 radical (unpaired) electrons. The van der Waals surface area contributed by atoms with E-state index in [1.165, 1.54) is 31.0 Å². The van der Waals surface area contributed by atoms with Crippen molar-refractivity contribution < 1.29 is 4.79 Å². The molecular weight excluding hydrogens is 332 g/mol. The summed E-state index contributed by atoms with van der Waals surface area (Å²) in [5, 5.41) is 7.99. The van der Waals surface area contributed by atoms with E-state index >= 15 is 0 Å². The highest BCUT2D eigenvalue weighted by atomic mass is 32.2. The first-order chi connectivity index (χ1) is 12.3. The summed E-state index contributed by atoms with van der Waals surface area (Å²) in [4.78, 5) is 17.6. The average molecular weight is 352 g/mol. The van der Waals surface area contributed by atoms with Crippen molar-refractivity contribution in [3.8, 4) is 5.69 Å². The van der Waals surface area contributed by atoms with Gasteiger partial charge in [0.2, 0.25) is 0 Å². The maximum atomic E-state index is 12.2. The van der Waals surface area contributed by atoms with Gasteiger partial charge in [0.15, 0.2) is 5.17 Å². The topological polar surface area (TPSA) is 59.3 Å². The molecule has 2 heterocycles. The van der Waals surface area contributed by atoms with Crippen LogP contribution in [0.1, 0.15) is 37.7 Å². The molecule has 0 spiro atoms. The molecule has 1 saturated heterocycles. The molecule has 0 unspecified atom stereocenters. The number of para-hydroxylation sites is 1. The summed E-state index contributed by atoms with van der Waals surface area (Å²) in [5.74, 6) is -0.0768. The average Bonchev–Trinajstić information content (AvgIpc) is 3.24. The minimum atomic E-state index is -0.0768. The third-order valence-electron chi connectivity index (χ3n) is 4.45. The molecule has 4 rings (SSSR count). The summed E-state index contributed by atoms with van der Waals surface area (Å²) in [6, 6.07) is 10.3. The molecule has 1 N–H and O–H groups in total. The maximum absolute atomic E-state index is 12.2. The Labute approximate surface area is 151 Å². The van der Waals surface area contributed by atoms with Gasteiger partial charge in [-0.3, -0.25) is 9.79 Å². The van der Waals surface area contributed by atoms with E-state index in [1.54, 1.807) is 10.9 Å². The Morgan fingerprint density at radius 3 is 2.80 bits per heavy atom. The number of carbonyl (C=O) groups excluding carboxylic acids is 1. The van der Waals surface area contributed by atoms with Crippen LogP contribution in [0.3, 0.4) is 0 Å². The summed E-state index contributed by atoms with van der Waals surface area (Å²) in [6.07, 6.45) is 11.6. The quantitative estimate of drug-likeness (QED) is 0.856. The Morgan fingerprint density at radius 2 is 2.00 bits per heavy atom. The Morgan fingerprint density at radius 1 is 1.20 bits per heavy atom. The SMILES string of the molecule is O=C1NC(=NC2CCCCC2)SC1=Cc1cnn(-c2ccccc2)c1. The Bertz CT molecular complexity index is 819. The number of amides is 1. The van der Waals surface area contributed by atoms with Crippen molar-refractivity contribution in [1.82, 2.24) is 15.1 Å². The van der Waals surface area contributed by atoms with Crippen molar-refractivity contribution in [3.63, 3.8) is 0 Å². The molecule has 1 amide bonds. The minimum absolute atomic E-state index is 0.0768. The van der Waals surface area contributed by atoms with E-state index in [4.69, 9.17) is 4.99 Å². The standard InChI is InChI=1S/C19H20N4OS/c24-18-17(25-19(22-18)21-15-7-3-1-4-8-15)11-14-12-20-23(13-14)16-9-5-2-6-10-16/h2,5-6,9-13,15H,1,3-4,7-8H2,(H,21,22,24). The maximum Gasteiger partial charge on any atom is 0.264 e. The van der Waals surface area contributed by atoms with E-state index in [0.717, 1.165) is 29.3 Å². The predicted molar refractivity (Wildman–Crippen MR) is 102 cm³/mol. The van der Waals surface area contributed by atoms with E-state index in [2.05, 4.69) is 10.4 Å². The van der Waals surface area contributed by atoms with Crippen molar-refractivity contribution in [2.45, 2.75) is 38.1 Å². The largest absolute Gasteiger partial charge is 0.301 e. The second kappa shape index (κ2) is 7.27. The van der Waals surface area contributed by atoms with E-state index in [0.29, 0.717) is 10.9 Å². The summed E-state index contributed by atoms with van der Waals surface area (Å²) < 4.78 is 1.81. The van der Waals surface area contributed by atoms with Crippen molar-refractivity contribution >= 4 is 28.9 Å². The zero-order valence-electron chi connectivity index (χ0n) is 13.9. The van der Waals surface area contributed by atoms with E-state index < -0.39 is 0 Å². The number of nitrogens with one attached hydrogen (secondary N) is 1. The second-order valence-corrected chi connectivity index (χ2v) is 7.38. The monoisotopic (exact) mass is 352 g/mol. The van der Waals surface area contributed by atoms with Crippen LogP contribution in [0.5, 0.6) is 0 Å². The molecule has 2 aliphatic rings. The number of benzene rings is 1. The fourth-order valence-corrected chi connectivity index (χ4v) is 4.04. The van der Waals surface area contributed by atoms with Crippen LogP contribution in [0.4, 0.5) is 0 Å². The van der Waals surface area contributed by atoms with Crippen molar-refractivity contribution in [1.29, 1.82) is 0 Å². The van der Waals surface area contributed by atoms with Crippen molar-refractivity contribution in [2.75, 3.05) is 0 Å². The third-order valence-corrected chi connectivity index (χ3v) is 5.37.